The fourth-order valence-corrected chi connectivity index (χ4v) is 6.27. The van der Waals surface area contributed by atoms with E-state index >= 15 is 0 Å². The van der Waals surface area contributed by atoms with Crippen molar-refractivity contribution in [2.75, 3.05) is 30.5 Å². The molecule has 1 spiro atoms. The van der Waals surface area contributed by atoms with Gasteiger partial charge in [0, 0.05) is 25.7 Å². The van der Waals surface area contributed by atoms with E-state index in [4.69, 9.17) is 9.47 Å². The highest BCUT2D eigenvalue weighted by Gasteiger charge is 2.47. The molecule has 14 heteroatoms. The normalized spacial score (nSPS) is 22.2. The molecule has 218 valence electrons. The Kier molecular flexibility index (Phi) is 7.59. The first-order valence-corrected chi connectivity index (χ1v) is 15.2. The summed E-state index contributed by atoms with van der Waals surface area (Å²) in [6.07, 6.45) is -1.23. The highest BCUT2D eigenvalue weighted by atomic mass is 32.2. The summed E-state index contributed by atoms with van der Waals surface area (Å²) in [7, 11) is -3.59. The number of aryl methyl sites for hydroxylation is 1. The lowest BCUT2D eigenvalue weighted by Gasteiger charge is -2.35. The lowest BCUT2D eigenvalue weighted by molar-refractivity contribution is -0.136. The second-order valence-electron chi connectivity index (χ2n) is 10.7. The average molecular weight is 585 g/mol. The van der Waals surface area contributed by atoms with Crippen molar-refractivity contribution >= 4 is 27.5 Å². The van der Waals surface area contributed by atoms with Crippen LogP contribution < -0.4 is 15.4 Å². The van der Waals surface area contributed by atoms with Crippen LogP contribution in [0.2, 0.25) is 0 Å². The Morgan fingerprint density at radius 3 is 2.85 bits per heavy atom. The van der Waals surface area contributed by atoms with Crippen LogP contribution >= 0.6 is 0 Å². The highest BCUT2D eigenvalue weighted by Crippen LogP contribution is 2.44. The molecule has 2 aromatic rings. The smallest absolute Gasteiger partial charge is 0.389 e. The molecule has 10 nitrogen and oxygen atoms in total. The topological polar surface area (TPSA) is 129 Å². The van der Waals surface area contributed by atoms with Gasteiger partial charge in [-0.2, -0.15) is 18.3 Å². The zero-order valence-electron chi connectivity index (χ0n) is 22.0. The number of fused-ring (bicyclic) bond motifs is 3. The van der Waals surface area contributed by atoms with Gasteiger partial charge in [0.15, 0.2) is 9.84 Å². The summed E-state index contributed by atoms with van der Waals surface area (Å²) in [6.45, 7) is 0.850. The predicted octanol–water partition coefficient (Wildman–Crippen LogP) is 2.89. The molecule has 1 unspecified atom stereocenters. The van der Waals surface area contributed by atoms with Crippen molar-refractivity contribution in [3.8, 4) is 5.75 Å². The maximum absolute atomic E-state index is 13.5. The number of aromatic nitrogens is 2. The Labute approximate surface area is 229 Å². The summed E-state index contributed by atoms with van der Waals surface area (Å²) in [4.78, 5) is 26.1. The summed E-state index contributed by atoms with van der Waals surface area (Å²) in [6, 6.07) is 5.31. The second kappa shape index (κ2) is 10.7. The third kappa shape index (κ3) is 6.27. The van der Waals surface area contributed by atoms with E-state index in [0.717, 1.165) is 30.2 Å². The van der Waals surface area contributed by atoms with E-state index < -0.39 is 45.5 Å². The van der Waals surface area contributed by atoms with Crippen LogP contribution in [-0.2, 0) is 44.3 Å². The Balaban J connectivity index is 1.39. The maximum atomic E-state index is 13.5. The minimum atomic E-state index is -4.22. The van der Waals surface area contributed by atoms with E-state index in [2.05, 4.69) is 15.7 Å². The van der Waals surface area contributed by atoms with Crippen molar-refractivity contribution in [3.05, 3.63) is 40.6 Å². The van der Waals surface area contributed by atoms with Gasteiger partial charge in [-0.25, -0.2) is 13.1 Å². The fraction of sp³-hybridized carbons (Fsp3) is 0.577. The average Bonchev–Trinajstić information content (AvgIpc) is 3.55. The third-order valence-electron chi connectivity index (χ3n) is 7.41. The molecule has 2 aliphatic heterocycles. The van der Waals surface area contributed by atoms with Crippen LogP contribution in [0.1, 0.15) is 59.3 Å². The number of halogens is 3. The third-order valence-corrected chi connectivity index (χ3v) is 8.20. The van der Waals surface area contributed by atoms with Gasteiger partial charge in [0.2, 0.25) is 5.91 Å². The first kappa shape index (κ1) is 28.4. The van der Waals surface area contributed by atoms with Gasteiger partial charge in [0.25, 0.3) is 5.91 Å². The number of benzene rings is 1. The number of hydrogen-bond acceptors (Lipinski definition) is 7. The van der Waals surface area contributed by atoms with E-state index in [0.29, 0.717) is 43.9 Å². The van der Waals surface area contributed by atoms with Crippen molar-refractivity contribution in [1.82, 2.24) is 15.1 Å². The summed E-state index contributed by atoms with van der Waals surface area (Å²) < 4.78 is 73.4. The molecule has 3 heterocycles. The zero-order valence-corrected chi connectivity index (χ0v) is 22.8. The molecule has 0 bridgehead atoms. The standard InChI is InChI=1S/C26H31F3N4O6S/c1-40(36,37)15-21(34)30-23-22-20(32-33(23)14-18-4-2-10-39-18)13-25(31-24(22)35)9-7-16-12-17(5-6-19(16)25)38-11-3-8-26(27,28)29/h5-6,12,18H,2-4,7-11,13-15H2,1H3,(H,30,34)(H,31,35)/t18?,25-/m0/s1. The number of nitrogens with one attached hydrogen (secondary N) is 2. The van der Waals surface area contributed by atoms with Gasteiger partial charge in [-0.3, -0.25) is 9.59 Å². The van der Waals surface area contributed by atoms with Gasteiger partial charge in [0.05, 0.1) is 30.5 Å². The van der Waals surface area contributed by atoms with Gasteiger partial charge in [0.1, 0.15) is 22.9 Å². The van der Waals surface area contributed by atoms with Gasteiger partial charge >= 0.3 is 6.18 Å². The number of anilines is 1. The number of nitrogens with zero attached hydrogens (tertiary/aromatic N) is 2. The maximum Gasteiger partial charge on any atom is 0.389 e. The molecular formula is C26H31F3N4O6S. The molecule has 1 fully saturated rings. The quantitative estimate of drug-likeness (QED) is 0.434. The molecule has 1 saturated heterocycles. The number of ether oxygens (including phenoxy) is 2. The zero-order chi connectivity index (χ0) is 28.7. The summed E-state index contributed by atoms with van der Waals surface area (Å²) >= 11 is 0. The minimum absolute atomic E-state index is 0.0560. The molecule has 0 saturated carbocycles. The van der Waals surface area contributed by atoms with Crippen LogP contribution in [0.3, 0.4) is 0 Å². The van der Waals surface area contributed by atoms with Crippen LogP contribution in [0.5, 0.6) is 5.75 Å². The Morgan fingerprint density at radius 1 is 1.35 bits per heavy atom. The molecule has 0 radical (unpaired) electrons. The highest BCUT2D eigenvalue weighted by molar-refractivity contribution is 7.91. The fourth-order valence-electron chi connectivity index (χ4n) is 5.72. The number of alkyl halides is 3. The van der Waals surface area contributed by atoms with Crippen LogP contribution in [0.25, 0.3) is 0 Å². The first-order chi connectivity index (χ1) is 18.8. The van der Waals surface area contributed by atoms with E-state index in [1.807, 2.05) is 6.07 Å². The van der Waals surface area contributed by atoms with Crippen LogP contribution in [-0.4, -0.2) is 67.5 Å². The Hall–Kier alpha value is -3.13. The van der Waals surface area contributed by atoms with Crippen LogP contribution in [0, 0.1) is 0 Å². The predicted molar refractivity (Wildman–Crippen MR) is 138 cm³/mol. The van der Waals surface area contributed by atoms with E-state index in [1.165, 1.54) is 4.68 Å². The summed E-state index contributed by atoms with van der Waals surface area (Å²) in [5.41, 5.74) is 1.74. The van der Waals surface area contributed by atoms with Crippen molar-refractivity contribution < 1.29 is 40.7 Å². The van der Waals surface area contributed by atoms with Crippen LogP contribution in [0.15, 0.2) is 18.2 Å². The lowest BCUT2D eigenvalue weighted by atomic mass is 9.82. The monoisotopic (exact) mass is 584 g/mol. The van der Waals surface area contributed by atoms with Crippen molar-refractivity contribution in [1.29, 1.82) is 0 Å². The van der Waals surface area contributed by atoms with E-state index in [-0.39, 0.29) is 30.5 Å². The van der Waals surface area contributed by atoms with Crippen molar-refractivity contribution in [3.63, 3.8) is 0 Å². The second-order valence-corrected chi connectivity index (χ2v) is 12.8. The summed E-state index contributed by atoms with van der Waals surface area (Å²) in [5.74, 6) is -1.31. The molecule has 1 aromatic carbocycles. The van der Waals surface area contributed by atoms with E-state index in [9.17, 15) is 31.2 Å². The van der Waals surface area contributed by atoms with Crippen molar-refractivity contribution in [2.24, 2.45) is 0 Å². The molecule has 2 N–H and O–H groups in total. The SMILES string of the molecule is CS(=O)(=O)CC(=O)Nc1c2c(nn1CC1CCCO1)C[C@]1(CCc3cc(OCCCC(F)(F)F)ccc31)NC2=O. The number of rotatable bonds is 9. The molecule has 2 atom stereocenters. The molecular weight excluding hydrogens is 553 g/mol. The number of carbonyl (C=O) groups is 2. The van der Waals surface area contributed by atoms with Crippen molar-refractivity contribution in [2.45, 2.75) is 69.3 Å². The molecule has 5 rings (SSSR count). The Bertz CT molecular complexity index is 1420. The van der Waals surface area contributed by atoms with E-state index in [1.54, 1.807) is 12.1 Å². The van der Waals surface area contributed by atoms with Gasteiger partial charge in [-0.05, 0) is 55.4 Å². The number of hydrogen-bond donors (Lipinski definition) is 2. The number of sulfone groups is 1. The van der Waals surface area contributed by atoms with Gasteiger partial charge in [-0.1, -0.05) is 6.07 Å². The molecule has 1 aliphatic carbocycles. The molecule has 1 aromatic heterocycles. The molecule has 2 amide bonds. The van der Waals surface area contributed by atoms with Crippen LogP contribution in [0.4, 0.5) is 19.0 Å². The molecule has 40 heavy (non-hydrogen) atoms. The Morgan fingerprint density at radius 2 is 2.15 bits per heavy atom. The minimum Gasteiger partial charge on any atom is -0.494 e. The van der Waals surface area contributed by atoms with Gasteiger partial charge in [-0.15, -0.1) is 0 Å². The largest absolute Gasteiger partial charge is 0.494 e. The first-order valence-electron chi connectivity index (χ1n) is 13.2. The number of carbonyl (C=O) groups excluding carboxylic acids is 2. The molecule has 3 aliphatic rings. The van der Waals surface area contributed by atoms with Gasteiger partial charge < -0.3 is 20.1 Å². The number of amides is 2. The summed E-state index contributed by atoms with van der Waals surface area (Å²) in [5, 5.41) is 10.4. The lowest BCUT2D eigenvalue weighted by Crippen LogP contribution is -2.49.